The van der Waals surface area contributed by atoms with Crippen molar-refractivity contribution in [3.63, 3.8) is 0 Å². The molecule has 214 valence electrons. The van der Waals surface area contributed by atoms with Crippen molar-refractivity contribution in [3.8, 4) is 0 Å². The molecule has 0 bridgehead atoms. The minimum Gasteiger partial charge on any atom is -0.394 e. The van der Waals surface area contributed by atoms with E-state index in [1.165, 1.54) is 0 Å². The number of carbonyl (C=O) groups excluding carboxylic acids is 1. The van der Waals surface area contributed by atoms with Gasteiger partial charge < -0.3 is 29.7 Å². The standard InChI is InChI=1S/C29H47N3O6/c1-17-5-6-23-27(2,3)25(31-32-7-10-36-11-8-32)22(37-12-9-33)15-29(23)28(17,4)14-19-21(34)13-18-20(24(19)38-29)16-30-26(18)35/h17-24,33-34H,5-16H2,1-4H3,(H,30,35). The second-order valence-electron chi connectivity index (χ2n) is 13.7. The predicted octanol–water partition coefficient (Wildman–Crippen LogP) is 1.81. The summed E-state index contributed by atoms with van der Waals surface area (Å²) in [5.41, 5.74) is 0.141. The van der Waals surface area contributed by atoms with Gasteiger partial charge in [0, 0.05) is 41.5 Å². The highest BCUT2D eigenvalue weighted by atomic mass is 16.5. The van der Waals surface area contributed by atoms with Gasteiger partial charge in [0.05, 0.1) is 63.0 Å². The first-order valence-corrected chi connectivity index (χ1v) is 14.9. The molecule has 1 spiro atoms. The largest absolute Gasteiger partial charge is 0.394 e. The van der Waals surface area contributed by atoms with Crippen LogP contribution in [0.4, 0.5) is 0 Å². The van der Waals surface area contributed by atoms with E-state index in [-0.39, 0.29) is 65.8 Å². The van der Waals surface area contributed by atoms with E-state index in [4.69, 9.17) is 19.3 Å². The summed E-state index contributed by atoms with van der Waals surface area (Å²) in [6, 6.07) is 0. The van der Waals surface area contributed by atoms with E-state index in [0.717, 1.165) is 38.1 Å². The molecule has 3 N–H and O–H groups in total. The molecule has 3 saturated heterocycles. The predicted molar refractivity (Wildman–Crippen MR) is 141 cm³/mol. The summed E-state index contributed by atoms with van der Waals surface area (Å²) in [4.78, 5) is 12.7. The summed E-state index contributed by atoms with van der Waals surface area (Å²) < 4.78 is 19.5. The minimum atomic E-state index is -0.525. The van der Waals surface area contributed by atoms with Gasteiger partial charge in [-0.25, -0.2) is 0 Å². The number of nitrogens with zero attached hydrogens (tertiary/aromatic N) is 2. The SMILES string of the molecule is CC1CCC2C(C)(C)C(=NN3CCOCC3)C(OCCO)CC23OC2C(CC13C)C(O)CC1C(=O)NCC12. The second-order valence-corrected chi connectivity index (χ2v) is 13.7. The summed E-state index contributed by atoms with van der Waals surface area (Å²) in [5, 5.41) is 31.4. The average Bonchev–Trinajstić information content (AvgIpc) is 3.25. The number of aliphatic hydroxyl groups excluding tert-OH is 2. The van der Waals surface area contributed by atoms with Crippen molar-refractivity contribution in [3.05, 3.63) is 0 Å². The van der Waals surface area contributed by atoms with E-state index < -0.39 is 11.7 Å². The number of hydrogen-bond acceptors (Lipinski definition) is 8. The molecule has 3 aliphatic carbocycles. The first-order valence-electron chi connectivity index (χ1n) is 14.9. The normalized spacial score (nSPS) is 49.1. The van der Waals surface area contributed by atoms with E-state index >= 15 is 0 Å². The van der Waals surface area contributed by atoms with Crippen LogP contribution in [0, 0.1) is 40.4 Å². The van der Waals surface area contributed by atoms with Crippen LogP contribution in [0.2, 0.25) is 0 Å². The molecule has 38 heavy (non-hydrogen) atoms. The van der Waals surface area contributed by atoms with E-state index in [9.17, 15) is 15.0 Å². The van der Waals surface area contributed by atoms with Crippen LogP contribution in [-0.4, -0.2) is 96.8 Å². The molecule has 0 radical (unpaired) electrons. The van der Waals surface area contributed by atoms with Gasteiger partial charge in [0.1, 0.15) is 6.10 Å². The van der Waals surface area contributed by atoms with Gasteiger partial charge >= 0.3 is 0 Å². The van der Waals surface area contributed by atoms with Crippen molar-refractivity contribution in [2.45, 2.75) is 83.7 Å². The summed E-state index contributed by atoms with van der Waals surface area (Å²) in [5.74, 6) is 0.667. The first kappa shape index (κ1) is 26.9. The Morgan fingerprint density at radius 1 is 1.16 bits per heavy atom. The van der Waals surface area contributed by atoms with Crippen LogP contribution >= 0.6 is 0 Å². The van der Waals surface area contributed by atoms with Crippen LogP contribution in [0.1, 0.15) is 59.8 Å². The number of rotatable bonds is 4. The highest BCUT2D eigenvalue weighted by Crippen LogP contribution is 2.68. The maximum atomic E-state index is 12.7. The summed E-state index contributed by atoms with van der Waals surface area (Å²) in [6.07, 6.45) is 3.32. The van der Waals surface area contributed by atoms with Crippen LogP contribution in [-0.2, 0) is 19.0 Å². The molecular weight excluding hydrogens is 486 g/mol. The Bertz CT molecular complexity index is 953. The van der Waals surface area contributed by atoms with Gasteiger partial charge in [0.15, 0.2) is 0 Å². The Morgan fingerprint density at radius 3 is 2.66 bits per heavy atom. The summed E-state index contributed by atoms with van der Waals surface area (Å²) >= 11 is 0. The molecular formula is C29H47N3O6. The second kappa shape index (κ2) is 9.68. The van der Waals surface area contributed by atoms with Gasteiger partial charge in [-0.1, -0.05) is 27.7 Å². The number of ether oxygens (including phenoxy) is 3. The zero-order valence-corrected chi connectivity index (χ0v) is 23.5. The monoisotopic (exact) mass is 533 g/mol. The van der Waals surface area contributed by atoms with Gasteiger partial charge in [-0.05, 0) is 37.5 Å². The Balaban J connectivity index is 1.43. The zero-order valence-electron chi connectivity index (χ0n) is 23.5. The zero-order chi connectivity index (χ0) is 26.9. The van der Waals surface area contributed by atoms with Gasteiger partial charge in [-0.15, -0.1) is 0 Å². The highest BCUT2D eigenvalue weighted by molar-refractivity contribution is 5.95. The van der Waals surface area contributed by atoms with Gasteiger partial charge in [0.2, 0.25) is 5.91 Å². The summed E-state index contributed by atoms with van der Waals surface area (Å²) in [6.45, 7) is 13.1. The Kier molecular flexibility index (Phi) is 6.86. The van der Waals surface area contributed by atoms with Crippen molar-refractivity contribution in [2.24, 2.45) is 45.5 Å². The minimum absolute atomic E-state index is 0.0316. The van der Waals surface area contributed by atoms with Crippen molar-refractivity contribution >= 4 is 11.6 Å². The highest BCUT2D eigenvalue weighted by Gasteiger charge is 2.71. The molecule has 6 fully saturated rings. The van der Waals surface area contributed by atoms with Crippen LogP contribution in [0.5, 0.6) is 0 Å². The van der Waals surface area contributed by atoms with E-state index in [2.05, 4.69) is 38.0 Å². The molecule has 3 aliphatic heterocycles. The Hall–Kier alpha value is -1.26. The molecule has 3 saturated carbocycles. The molecule has 9 heteroatoms. The Morgan fingerprint density at radius 2 is 1.92 bits per heavy atom. The fourth-order valence-electron chi connectivity index (χ4n) is 9.48. The fraction of sp³-hybridized carbons (Fsp3) is 0.931. The molecule has 1 amide bonds. The van der Waals surface area contributed by atoms with Crippen molar-refractivity contribution in [1.29, 1.82) is 0 Å². The number of nitrogens with one attached hydrogen (secondary N) is 1. The van der Waals surface area contributed by atoms with Crippen molar-refractivity contribution in [1.82, 2.24) is 10.3 Å². The number of aliphatic hydroxyl groups is 2. The lowest BCUT2D eigenvalue weighted by molar-refractivity contribution is -0.325. The smallest absolute Gasteiger partial charge is 0.223 e. The molecule has 0 aromatic carbocycles. The third kappa shape index (κ3) is 3.90. The summed E-state index contributed by atoms with van der Waals surface area (Å²) in [7, 11) is 0. The number of morpholine rings is 1. The number of amides is 1. The molecule has 0 aromatic rings. The lowest BCUT2D eigenvalue weighted by atomic mass is 9.42. The lowest BCUT2D eigenvalue weighted by Gasteiger charge is -2.70. The molecule has 3 heterocycles. The molecule has 10 unspecified atom stereocenters. The van der Waals surface area contributed by atoms with Gasteiger partial charge in [0.25, 0.3) is 0 Å². The van der Waals surface area contributed by atoms with Crippen LogP contribution < -0.4 is 5.32 Å². The third-order valence-electron chi connectivity index (χ3n) is 11.7. The molecule has 6 rings (SSSR count). The third-order valence-corrected chi connectivity index (χ3v) is 11.7. The van der Waals surface area contributed by atoms with Crippen molar-refractivity contribution < 1.29 is 29.2 Å². The quantitative estimate of drug-likeness (QED) is 0.505. The number of hydrogen-bond donors (Lipinski definition) is 3. The maximum Gasteiger partial charge on any atom is 0.223 e. The van der Waals surface area contributed by atoms with E-state index in [1.54, 1.807) is 0 Å². The van der Waals surface area contributed by atoms with Crippen LogP contribution in [0.25, 0.3) is 0 Å². The number of hydrazone groups is 1. The average molecular weight is 534 g/mol. The molecule has 9 nitrogen and oxygen atoms in total. The van der Waals surface area contributed by atoms with Crippen LogP contribution in [0.15, 0.2) is 5.10 Å². The molecule has 6 aliphatic rings. The van der Waals surface area contributed by atoms with E-state index in [0.29, 0.717) is 38.5 Å². The first-order chi connectivity index (χ1) is 18.1. The topological polar surface area (TPSA) is 113 Å². The van der Waals surface area contributed by atoms with Gasteiger partial charge in [-0.3, -0.25) is 9.80 Å². The Labute approximate surface area is 226 Å². The number of carbonyl (C=O) groups is 1. The van der Waals surface area contributed by atoms with E-state index in [1.807, 2.05) is 0 Å². The molecule has 10 atom stereocenters. The number of fused-ring (bicyclic) bond motifs is 3. The fourth-order valence-corrected chi connectivity index (χ4v) is 9.48. The lowest BCUT2D eigenvalue weighted by Crippen LogP contribution is -2.74. The molecule has 0 aromatic heterocycles. The maximum absolute atomic E-state index is 12.7. The van der Waals surface area contributed by atoms with Gasteiger partial charge in [-0.2, -0.15) is 5.10 Å². The van der Waals surface area contributed by atoms with Crippen molar-refractivity contribution in [2.75, 3.05) is 46.1 Å². The van der Waals surface area contributed by atoms with Crippen LogP contribution in [0.3, 0.4) is 0 Å².